The van der Waals surface area contributed by atoms with E-state index in [1.807, 2.05) is 0 Å². The topological polar surface area (TPSA) is 167 Å². The van der Waals surface area contributed by atoms with E-state index in [-0.39, 0.29) is 26.1 Å². The van der Waals surface area contributed by atoms with Gasteiger partial charge in [0.2, 0.25) is 17.5 Å². The Balaban J connectivity index is 0.00000127. The predicted molar refractivity (Wildman–Crippen MR) is 330 cm³/mol. The molecule has 0 spiro atoms. The molecule has 0 saturated carbocycles. The number of benzene rings is 3. The van der Waals surface area contributed by atoms with Crippen LogP contribution in [0.15, 0.2) is 0 Å². The molecular weight excluding hydrogens is 1390 g/mol. The lowest BCUT2D eigenvalue weighted by molar-refractivity contribution is 0.0495. The summed E-state index contributed by atoms with van der Waals surface area (Å²) >= 11 is 2.62. The van der Waals surface area contributed by atoms with Gasteiger partial charge in [0, 0.05) is 10.9 Å². The second-order valence-electron chi connectivity index (χ2n) is 21.4. The molecule has 3 atom stereocenters. The minimum atomic E-state index is -4.78. The number of aliphatic hydroxyl groups is 1. The van der Waals surface area contributed by atoms with Gasteiger partial charge in [-0.2, -0.15) is 0 Å². The van der Waals surface area contributed by atoms with Crippen molar-refractivity contribution >= 4 is 38.7 Å². The van der Waals surface area contributed by atoms with E-state index in [1.165, 1.54) is 51.4 Å². The summed E-state index contributed by atoms with van der Waals surface area (Å²) < 4.78 is 265. The van der Waals surface area contributed by atoms with Crippen LogP contribution in [0.4, 0.5) is 65.9 Å². The summed E-state index contributed by atoms with van der Waals surface area (Å²) in [7, 11) is -11.9. The maximum absolute atomic E-state index is 14.0. The summed E-state index contributed by atoms with van der Waals surface area (Å²) in [4.78, 5) is 18.7. The highest BCUT2D eigenvalue weighted by atomic mass is 79.9. The molecule has 0 aromatic heterocycles. The molecule has 93 heavy (non-hydrogen) atoms. The monoisotopic (exact) mass is 1490 g/mol. The first-order valence-electron chi connectivity index (χ1n) is 31.8. The van der Waals surface area contributed by atoms with Gasteiger partial charge >= 0.3 is 22.8 Å². The number of hydrogen-bond acceptors (Lipinski definition) is 10. The van der Waals surface area contributed by atoms with Crippen LogP contribution in [0.5, 0.6) is 0 Å². The van der Waals surface area contributed by atoms with Crippen molar-refractivity contribution < 1.29 is 122 Å². The normalized spacial score (nSPS) is 12.8. The molecule has 0 fully saturated rings. The fourth-order valence-electron chi connectivity index (χ4n) is 9.02. The summed E-state index contributed by atoms with van der Waals surface area (Å²) in [5, 5.41) is 9.56. The Hall–Kier alpha value is -2.58. The van der Waals surface area contributed by atoms with Crippen molar-refractivity contribution in [1.82, 2.24) is 0 Å². The van der Waals surface area contributed by atoms with E-state index in [0.717, 1.165) is 83.5 Å². The minimum absolute atomic E-state index is 0.0388. The first-order chi connectivity index (χ1) is 43.9. The molecular formula is C62H95BrF15O12P3. The molecule has 0 saturated heterocycles. The van der Waals surface area contributed by atoms with Crippen molar-refractivity contribution in [3.05, 3.63) is 104 Å². The van der Waals surface area contributed by atoms with Gasteiger partial charge in [0.25, 0.3) is 0 Å². The zero-order chi connectivity index (χ0) is 70.9. The average molecular weight is 1490 g/mol. The van der Waals surface area contributed by atoms with Gasteiger partial charge in [0.15, 0.2) is 87.3 Å². The second-order valence-corrected chi connectivity index (χ2v) is 28.1. The van der Waals surface area contributed by atoms with Gasteiger partial charge in [-0.05, 0) is 47.0 Å². The summed E-state index contributed by atoms with van der Waals surface area (Å²) in [6.45, 7) is 11.8. The zero-order valence-electron chi connectivity index (χ0n) is 54.2. The Kier molecular flexibility index (Phi) is 48.5. The Labute approximate surface area is 546 Å². The molecule has 12 nitrogen and oxygen atoms in total. The molecule has 0 aliphatic heterocycles. The third-order valence-corrected chi connectivity index (χ3v) is 20.4. The van der Waals surface area contributed by atoms with Crippen LogP contribution < -0.4 is 0 Å². The summed E-state index contributed by atoms with van der Waals surface area (Å²) in [6, 6.07) is 0. The van der Waals surface area contributed by atoms with Gasteiger partial charge in [-0.1, -0.05) is 191 Å². The third-order valence-electron chi connectivity index (χ3n) is 14.1. The summed E-state index contributed by atoms with van der Waals surface area (Å²) in [5.41, 5.74) is -3.25. The highest BCUT2D eigenvalue weighted by Crippen LogP contribution is 2.56. The van der Waals surface area contributed by atoms with E-state index in [9.17, 15) is 94.4 Å². The van der Waals surface area contributed by atoms with Crippen LogP contribution in [0.1, 0.15) is 239 Å². The highest BCUT2D eigenvalue weighted by molar-refractivity contribution is 9.08. The predicted octanol–water partition coefficient (Wildman–Crippen LogP) is 22.3. The lowest BCUT2D eigenvalue weighted by atomic mass is 10.1. The van der Waals surface area contributed by atoms with Crippen molar-refractivity contribution in [2.45, 2.75) is 258 Å². The van der Waals surface area contributed by atoms with Gasteiger partial charge in [0.05, 0.1) is 50.8 Å². The van der Waals surface area contributed by atoms with E-state index >= 15 is 0 Å². The van der Waals surface area contributed by atoms with Gasteiger partial charge < -0.3 is 42.5 Å². The third kappa shape index (κ3) is 32.3. The van der Waals surface area contributed by atoms with Gasteiger partial charge in [0.1, 0.15) is 0 Å². The van der Waals surface area contributed by atoms with Crippen LogP contribution in [0.3, 0.4) is 0 Å². The maximum atomic E-state index is 14.0. The summed E-state index contributed by atoms with van der Waals surface area (Å²) in [5.74, 6) is -34.5. The number of halogens is 16. The molecule has 3 rings (SSSR count). The Morgan fingerprint density at radius 2 is 0.548 bits per heavy atom. The van der Waals surface area contributed by atoms with Crippen molar-refractivity contribution in [3.63, 3.8) is 0 Å². The van der Waals surface area contributed by atoms with Crippen LogP contribution in [0, 0.1) is 87.3 Å². The molecule has 0 aliphatic carbocycles. The van der Waals surface area contributed by atoms with Gasteiger partial charge in [-0.3, -0.25) is 13.7 Å². The Morgan fingerprint density at radius 3 is 0.817 bits per heavy atom. The quantitative estimate of drug-likeness (QED) is 0.0123. The van der Waals surface area contributed by atoms with E-state index in [1.54, 1.807) is 27.7 Å². The summed E-state index contributed by atoms with van der Waals surface area (Å²) in [6.07, 6.45) is 25.7. The number of aliphatic hydroxyl groups excluding tert-OH is 1. The van der Waals surface area contributed by atoms with E-state index in [4.69, 9.17) is 27.6 Å². The minimum Gasteiger partial charge on any atom is -0.380 e. The Morgan fingerprint density at radius 1 is 0.323 bits per heavy atom. The van der Waals surface area contributed by atoms with E-state index < -0.39 is 163 Å². The molecule has 3 aromatic rings. The molecule has 3 unspecified atom stereocenters. The average Bonchev–Trinajstić information content (AvgIpc) is 0.938. The standard InChI is InChI=1S/C22H34F5O4P.C18H26F5O4P.C15H33O4P.C7H2BrF5/c1-4-7-8-9-10-11-12-13-14-17(32(28,30-5-2)31-6-3)29-15-16-18(23)20(25)22(27)21(26)19(16)24;1-2-3-4-5-6-7-8-9-10-13(28(24,25)26)27-11-12-14(19)16(21)18(23)17(22)15(12)20;1-4-7-8-9-10-11-12-13-14-15(16)20(17,18-5-2)19-6-3;8-1-2-3(9)5(11)7(13)6(12)4(2)10/h17H,4-15H2,1-3H3;13H,2-11H2,1H3,(H2,24,25,26);15-16H,4-14H2,1-3H3;1H2. The van der Waals surface area contributed by atoms with E-state index in [2.05, 4.69) is 36.7 Å². The molecule has 542 valence electrons. The molecule has 0 heterocycles. The van der Waals surface area contributed by atoms with Crippen LogP contribution in [-0.2, 0) is 59.8 Å². The number of ether oxygens (including phenoxy) is 2. The van der Waals surface area contributed by atoms with Gasteiger partial charge in [-0.15, -0.1) is 0 Å². The van der Waals surface area contributed by atoms with Crippen molar-refractivity contribution in [2.24, 2.45) is 0 Å². The van der Waals surface area contributed by atoms with Gasteiger partial charge in [-0.25, -0.2) is 65.9 Å². The van der Waals surface area contributed by atoms with Crippen molar-refractivity contribution in [1.29, 1.82) is 0 Å². The zero-order valence-corrected chi connectivity index (χ0v) is 58.4. The number of unbranched alkanes of at least 4 members (excludes halogenated alkanes) is 21. The molecule has 3 N–H and O–H groups in total. The second kappa shape index (κ2) is 49.9. The number of rotatable bonds is 45. The maximum Gasteiger partial charge on any atom is 0.359 e. The molecule has 0 radical (unpaired) electrons. The smallest absolute Gasteiger partial charge is 0.359 e. The molecule has 0 amide bonds. The number of hydrogen-bond donors (Lipinski definition) is 3. The van der Waals surface area contributed by atoms with E-state index in [0.29, 0.717) is 38.9 Å². The Bertz CT molecular complexity index is 2630. The van der Waals surface area contributed by atoms with Crippen molar-refractivity contribution in [3.8, 4) is 0 Å². The van der Waals surface area contributed by atoms with Crippen LogP contribution in [0.25, 0.3) is 0 Å². The van der Waals surface area contributed by atoms with Crippen LogP contribution in [-0.4, -0.2) is 58.9 Å². The molecule has 3 aromatic carbocycles. The largest absolute Gasteiger partial charge is 0.380 e. The lowest BCUT2D eigenvalue weighted by Crippen LogP contribution is -2.19. The van der Waals surface area contributed by atoms with Crippen molar-refractivity contribution in [2.75, 3.05) is 26.4 Å². The molecule has 0 aliphatic rings. The first kappa shape index (κ1) is 90.4. The fraction of sp³-hybridized carbons (Fsp3) is 0.710. The molecule has 31 heteroatoms. The highest BCUT2D eigenvalue weighted by Gasteiger charge is 2.38. The fourth-order valence-corrected chi connectivity index (χ4v) is 13.8. The SMILES string of the molecule is CCCCCCCCCCC(O)P(=O)(OCC)OCC.CCCCCCCCCCC(OCc1c(F)c(F)c(F)c(F)c1F)P(=O)(O)O.CCCCCCCCCCC(OCc1c(F)c(F)c(F)c(F)c1F)P(=O)(OCC)OCC.Fc1c(F)c(F)c(CBr)c(F)c1F. The number of alkyl halides is 1. The molecule has 0 bridgehead atoms. The van der Waals surface area contributed by atoms with Crippen LogP contribution in [0.2, 0.25) is 0 Å². The van der Waals surface area contributed by atoms with Crippen LogP contribution >= 0.6 is 38.7 Å². The lowest BCUT2D eigenvalue weighted by Gasteiger charge is -2.26. The first-order valence-corrected chi connectivity index (χ1v) is 37.8.